The highest BCUT2D eigenvalue weighted by Crippen LogP contribution is 2.32. The number of benzene rings is 2. The first-order chi connectivity index (χ1) is 13.1. The van der Waals surface area contributed by atoms with E-state index in [4.69, 9.17) is 4.74 Å². The Morgan fingerprint density at radius 2 is 2.07 bits per heavy atom. The molecule has 0 spiro atoms. The number of carbonyl (C=O) groups excluding carboxylic acids is 1. The van der Waals surface area contributed by atoms with E-state index in [-0.39, 0.29) is 17.8 Å². The van der Waals surface area contributed by atoms with Gasteiger partial charge in [0.2, 0.25) is 0 Å². The maximum absolute atomic E-state index is 13.7. The Balaban J connectivity index is 1.50. The Labute approximate surface area is 157 Å². The van der Waals surface area contributed by atoms with Crippen molar-refractivity contribution in [2.75, 3.05) is 18.2 Å². The van der Waals surface area contributed by atoms with Gasteiger partial charge in [0, 0.05) is 29.8 Å². The van der Waals surface area contributed by atoms with Gasteiger partial charge in [-0.1, -0.05) is 0 Å². The van der Waals surface area contributed by atoms with E-state index in [0.717, 1.165) is 30.8 Å². The van der Waals surface area contributed by atoms with Gasteiger partial charge in [-0.05, 0) is 62.2 Å². The molecular formula is C21H22FN3O2. The minimum atomic E-state index is -0.329. The number of halogens is 1. The summed E-state index contributed by atoms with van der Waals surface area (Å²) in [5.41, 5.74) is 3.35. The van der Waals surface area contributed by atoms with Gasteiger partial charge in [0.25, 0.3) is 5.91 Å². The van der Waals surface area contributed by atoms with Crippen LogP contribution < -0.4 is 15.1 Å². The fourth-order valence-electron chi connectivity index (χ4n) is 3.49. The number of carbonyl (C=O) groups is 1. The van der Waals surface area contributed by atoms with Gasteiger partial charge in [-0.15, -0.1) is 0 Å². The van der Waals surface area contributed by atoms with Crippen molar-refractivity contribution in [1.82, 2.24) is 5.32 Å². The zero-order chi connectivity index (χ0) is 18.8. The molecule has 2 aliphatic rings. The number of ether oxygens (including phenoxy) is 1. The van der Waals surface area contributed by atoms with Gasteiger partial charge in [0.1, 0.15) is 11.6 Å². The van der Waals surface area contributed by atoms with Crippen LogP contribution in [-0.2, 0) is 0 Å². The summed E-state index contributed by atoms with van der Waals surface area (Å²) in [6.45, 7) is 3.44. The number of anilines is 1. The molecule has 0 saturated carbocycles. The summed E-state index contributed by atoms with van der Waals surface area (Å²) in [7, 11) is 0. The molecule has 1 N–H and O–H groups in total. The Kier molecular flexibility index (Phi) is 4.79. The van der Waals surface area contributed by atoms with E-state index >= 15 is 0 Å². The van der Waals surface area contributed by atoms with Gasteiger partial charge in [0.05, 0.1) is 18.3 Å². The lowest BCUT2D eigenvalue weighted by molar-refractivity contribution is 0.0934. The molecule has 6 heteroatoms. The van der Waals surface area contributed by atoms with E-state index in [0.29, 0.717) is 29.9 Å². The highest BCUT2D eigenvalue weighted by molar-refractivity contribution is 5.95. The average Bonchev–Trinajstić information content (AvgIpc) is 3.02. The van der Waals surface area contributed by atoms with Gasteiger partial charge in [-0.3, -0.25) is 9.80 Å². The molecule has 27 heavy (non-hydrogen) atoms. The molecule has 0 bridgehead atoms. The van der Waals surface area contributed by atoms with Crippen LogP contribution in [0, 0.1) is 5.82 Å². The first-order valence-electron chi connectivity index (χ1n) is 9.25. The topological polar surface area (TPSA) is 53.9 Å². The summed E-state index contributed by atoms with van der Waals surface area (Å²) in [4.78, 5) is 12.7. The average molecular weight is 367 g/mol. The summed E-state index contributed by atoms with van der Waals surface area (Å²) in [6, 6.07) is 11.6. The SMILES string of the molecule is CC1=NN(c2ccc(C(=O)NC3CCCOc4ccc(F)cc43)cc2)CC1. The minimum Gasteiger partial charge on any atom is -0.493 e. The number of nitrogens with zero attached hydrogens (tertiary/aromatic N) is 2. The van der Waals surface area contributed by atoms with Gasteiger partial charge in [0.15, 0.2) is 0 Å². The van der Waals surface area contributed by atoms with Crippen LogP contribution in [0.5, 0.6) is 5.75 Å². The lowest BCUT2D eigenvalue weighted by atomic mass is 10.0. The molecule has 2 aliphatic heterocycles. The molecule has 0 aliphatic carbocycles. The third-order valence-electron chi connectivity index (χ3n) is 4.95. The number of hydrogen-bond donors (Lipinski definition) is 1. The number of fused-ring (bicyclic) bond motifs is 1. The molecule has 1 amide bonds. The van der Waals surface area contributed by atoms with Crippen molar-refractivity contribution in [3.05, 3.63) is 59.4 Å². The van der Waals surface area contributed by atoms with Crippen LogP contribution in [0.15, 0.2) is 47.6 Å². The van der Waals surface area contributed by atoms with E-state index < -0.39 is 0 Å². The highest BCUT2D eigenvalue weighted by atomic mass is 19.1. The lowest BCUT2D eigenvalue weighted by Crippen LogP contribution is -2.28. The maximum Gasteiger partial charge on any atom is 0.251 e. The van der Waals surface area contributed by atoms with E-state index in [1.807, 2.05) is 24.1 Å². The van der Waals surface area contributed by atoms with Crippen LogP contribution in [0.3, 0.4) is 0 Å². The summed E-state index contributed by atoms with van der Waals surface area (Å²) < 4.78 is 19.4. The molecule has 0 saturated heterocycles. The van der Waals surface area contributed by atoms with Crippen LogP contribution in [-0.4, -0.2) is 24.8 Å². The van der Waals surface area contributed by atoms with Crippen LogP contribution in [0.4, 0.5) is 10.1 Å². The van der Waals surface area contributed by atoms with Crippen molar-refractivity contribution in [2.45, 2.75) is 32.2 Å². The van der Waals surface area contributed by atoms with Crippen LogP contribution >= 0.6 is 0 Å². The molecular weight excluding hydrogens is 345 g/mol. The standard InChI is InChI=1S/C21H22FN3O2/c1-14-10-11-25(24-14)17-7-4-15(5-8-17)21(26)23-19-3-2-12-27-20-9-6-16(22)13-18(19)20/h4-9,13,19H,2-3,10-12H2,1H3,(H,23,26). The molecule has 4 rings (SSSR count). The van der Waals surface area contributed by atoms with Gasteiger partial charge in [-0.25, -0.2) is 4.39 Å². The third kappa shape index (κ3) is 3.79. The van der Waals surface area contributed by atoms with E-state index in [9.17, 15) is 9.18 Å². The molecule has 2 heterocycles. The number of amides is 1. The molecule has 5 nitrogen and oxygen atoms in total. The monoisotopic (exact) mass is 367 g/mol. The second-order valence-corrected chi connectivity index (χ2v) is 6.95. The van der Waals surface area contributed by atoms with E-state index in [2.05, 4.69) is 10.4 Å². The maximum atomic E-state index is 13.7. The van der Waals surface area contributed by atoms with Crippen molar-refractivity contribution < 1.29 is 13.9 Å². The lowest BCUT2D eigenvalue weighted by Gasteiger charge is -2.19. The molecule has 140 valence electrons. The fraction of sp³-hybridized carbons (Fsp3) is 0.333. The van der Waals surface area contributed by atoms with Gasteiger partial charge in [-0.2, -0.15) is 5.10 Å². The van der Waals surface area contributed by atoms with Crippen LogP contribution in [0.2, 0.25) is 0 Å². The summed E-state index contributed by atoms with van der Waals surface area (Å²) in [5, 5.41) is 9.44. The first-order valence-corrected chi connectivity index (χ1v) is 9.25. The number of nitrogens with one attached hydrogen (secondary N) is 1. The molecule has 0 fully saturated rings. The molecule has 0 aromatic heterocycles. The molecule has 2 aromatic rings. The van der Waals surface area contributed by atoms with Gasteiger partial charge >= 0.3 is 0 Å². The zero-order valence-electron chi connectivity index (χ0n) is 15.2. The summed E-state index contributed by atoms with van der Waals surface area (Å²) in [5.74, 6) is 0.130. The predicted octanol–water partition coefficient (Wildman–Crippen LogP) is 4.06. The summed E-state index contributed by atoms with van der Waals surface area (Å²) in [6.07, 6.45) is 2.47. The van der Waals surface area contributed by atoms with Crippen LogP contribution in [0.25, 0.3) is 0 Å². The largest absolute Gasteiger partial charge is 0.493 e. The van der Waals surface area contributed by atoms with Crippen LogP contribution in [0.1, 0.15) is 48.1 Å². The molecule has 1 unspecified atom stereocenters. The van der Waals surface area contributed by atoms with Crippen molar-refractivity contribution in [2.24, 2.45) is 5.10 Å². The van der Waals surface area contributed by atoms with E-state index in [1.54, 1.807) is 18.2 Å². The molecule has 0 radical (unpaired) electrons. The Hall–Kier alpha value is -2.89. The minimum absolute atomic E-state index is 0.176. The van der Waals surface area contributed by atoms with E-state index in [1.165, 1.54) is 12.1 Å². The highest BCUT2D eigenvalue weighted by Gasteiger charge is 2.23. The number of hydrazone groups is 1. The Morgan fingerprint density at radius 3 is 2.81 bits per heavy atom. The fourth-order valence-corrected chi connectivity index (χ4v) is 3.49. The normalized spacial score (nSPS) is 19.0. The second kappa shape index (κ2) is 7.39. The number of hydrogen-bond acceptors (Lipinski definition) is 4. The van der Waals surface area contributed by atoms with Crippen molar-refractivity contribution in [1.29, 1.82) is 0 Å². The van der Waals surface area contributed by atoms with Crippen molar-refractivity contribution in [3.8, 4) is 5.75 Å². The number of rotatable bonds is 3. The third-order valence-corrected chi connectivity index (χ3v) is 4.95. The first kappa shape index (κ1) is 17.5. The van der Waals surface area contributed by atoms with Gasteiger partial charge < -0.3 is 10.1 Å². The molecule has 2 aromatic carbocycles. The van der Waals surface area contributed by atoms with Crippen molar-refractivity contribution in [3.63, 3.8) is 0 Å². The zero-order valence-corrected chi connectivity index (χ0v) is 15.2. The Morgan fingerprint density at radius 1 is 1.26 bits per heavy atom. The quantitative estimate of drug-likeness (QED) is 0.890. The smallest absolute Gasteiger partial charge is 0.251 e. The summed E-state index contributed by atoms with van der Waals surface area (Å²) >= 11 is 0. The van der Waals surface area contributed by atoms with Crippen molar-refractivity contribution >= 4 is 17.3 Å². The Bertz CT molecular complexity index is 879. The second-order valence-electron chi connectivity index (χ2n) is 6.95. The molecule has 1 atom stereocenters. The predicted molar refractivity (Wildman–Crippen MR) is 103 cm³/mol.